The zero-order valence-electron chi connectivity index (χ0n) is 6.76. The topological polar surface area (TPSA) is 63.4 Å². The van der Waals surface area contributed by atoms with Crippen LogP contribution in [0.25, 0.3) is 0 Å². The number of primary amides is 1. The van der Waals surface area contributed by atoms with Gasteiger partial charge in [0.1, 0.15) is 5.54 Å². The minimum atomic E-state index is -0.753. The molecule has 0 radical (unpaired) electrons. The van der Waals surface area contributed by atoms with E-state index < -0.39 is 11.4 Å². The Bertz CT molecular complexity index is 214. The first-order valence-electron chi connectivity index (χ1n) is 3.55. The molecule has 62 valence electrons. The third kappa shape index (κ3) is 0.982. The lowest BCUT2D eigenvalue weighted by molar-refractivity contribution is -0.137. The second kappa shape index (κ2) is 2.22. The fourth-order valence-electron chi connectivity index (χ4n) is 1.25. The number of carbonyl (C=O) groups excluding carboxylic acids is 2. The predicted octanol–water partition coefficient (Wildman–Crippen LogP) is -0.517. The predicted molar refractivity (Wildman–Crippen MR) is 39.6 cm³/mol. The number of hydrogen-bond acceptors (Lipinski definition) is 2. The Morgan fingerprint density at radius 1 is 1.73 bits per heavy atom. The van der Waals surface area contributed by atoms with Gasteiger partial charge in [0.2, 0.25) is 11.8 Å². The quantitative estimate of drug-likeness (QED) is 0.555. The van der Waals surface area contributed by atoms with E-state index in [-0.39, 0.29) is 5.91 Å². The van der Waals surface area contributed by atoms with Crippen molar-refractivity contribution >= 4 is 11.8 Å². The summed E-state index contributed by atoms with van der Waals surface area (Å²) in [5.74, 6) is -0.433. The summed E-state index contributed by atoms with van der Waals surface area (Å²) >= 11 is 0. The van der Waals surface area contributed by atoms with E-state index in [4.69, 9.17) is 5.73 Å². The normalized spacial score (nSPS) is 31.1. The Labute approximate surface area is 65.3 Å². The van der Waals surface area contributed by atoms with Crippen LogP contribution in [0.15, 0.2) is 0 Å². The van der Waals surface area contributed by atoms with Gasteiger partial charge in [-0.15, -0.1) is 0 Å². The Kier molecular flexibility index (Phi) is 1.62. The van der Waals surface area contributed by atoms with Crippen LogP contribution in [0.4, 0.5) is 0 Å². The van der Waals surface area contributed by atoms with Crippen molar-refractivity contribution in [3.05, 3.63) is 0 Å². The van der Waals surface area contributed by atoms with Crippen LogP contribution >= 0.6 is 0 Å². The van der Waals surface area contributed by atoms with Crippen LogP contribution in [0.1, 0.15) is 19.8 Å². The molecule has 4 heteroatoms. The average Bonchev–Trinajstić information content (AvgIpc) is 2.18. The number of hydrogen-bond donors (Lipinski definition) is 1. The van der Waals surface area contributed by atoms with E-state index in [1.807, 2.05) is 0 Å². The van der Waals surface area contributed by atoms with Crippen molar-refractivity contribution in [3.63, 3.8) is 0 Å². The highest BCUT2D eigenvalue weighted by atomic mass is 16.2. The van der Waals surface area contributed by atoms with Crippen molar-refractivity contribution in [3.8, 4) is 0 Å². The molecule has 2 N–H and O–H groups in total. The Balaban J connectivity index is 2.89. The third-order valence-electron chi connectivity index (χ3n) is 2.47. The molecule has 0 bridgehead atoms. The van der Waals surface area contributed by atoms with E-state index in [9.17, 15) is 9.59 Å². The number of rotatable bonds is 1. The van der Waals surface area contributed by atoms with Crippen molar-refractivity contribution in [1.82, 2.24) is 4.90 Å². The van der Waals surface area contributed by atoms with Crippen LogP contribution in [0.5, 0.6) is 0 Å². The van der Waals surface area contributed by atoms with Crippen molar-refractivity contribution in [2.45, 2.75) is 25.3 Å². The molecule has 11 heavy (non-hydrogen) atoms. The third-order valence-corrected chi connectivity index (χ3v) is 2.47. The second-order valence-corrected chi connectivity index (χ2v) is 3.09. The molecule has 1 saturated heterocycles. The Morgan fingerprint density at radius 3 is 2.45 bits per heavy atom. The molecule has 0 saturated carbocycles. The molecule has 1 heterocycles. The van der Waals surface area contributed by atoms with Gasteiger partial charge in [0.15, 0.2) is 0 Å². The minimum absolute atomic E-state index is 0.00806. The molecular formula is C7H12N2O2. The molecule has 0 spiro atoms. The molecule has 0 aromatic rings. The number of carbonyl (C=O) groups is 2. The maximum Gasteiger partial charge on any atom is 0.243 e. The fraction of sp³-hybridized carbons (Fsp3) is 0.714. The highest BCUT2D eigenvalue weighted by Gasteiger charge is 2.43. The van der Waals surface area contributed by atoms with Crippen LogP contribution in [-0.4, -0.2) is 29.3 Å². The van der Waals surface area contributed by atoms with E-state index in [0.29, 0.717) is 12.8 Å². The summed E-state index contributed by atoms with van der Waals surface area (Å²) in [4.78, 5) is 23.3. The van der Waals surface area contributed by atoms with E-state index >= 15 is 0 Å². The van der Waals surface area contributed by atoms with Gasteiger partial charge in [-0.05, 0) is 13.3 Å². The summed E-state index contributed by atoms with van der Waals surface area (Å²) in [6.07, 6.45) is 0.966. The molecule has 1 atom stereocenters. The summed E-state index contributed by atoms with van der Waals surface area (Å²) in [5, 5.41) is 0. The summed E-state index contributed by atoms with van der Waals surface area (Å²) < 4.78 is 0. The number of likely N-dealkylation sites (N-methyl/N-ethyl adjacent to an activating group) is 1. The van der Waals surface area contributed by atoms with Crippen LogP contribution in [-0.2, 0) is 9.59 Å². The molecule has 1 aliphatic heterocycles. The molecule has 4 nitrogen and oxygen atoms in total. The van der Waals surface area contributed by atoms with Crippen molar-refractivity contribution in [2.24, 2.45) is 5.73 Å². The van der Waals surface area contributed by atoms with E-state index in [0.717, 1.165) is 0 Å². The summed E-state index contributed by atoms with van der Waals surface area (Å²) in [6, 6.07) is 0. The van der Waals surface area contributed by atoms with Gasteiger partial charge in [-0.2, -0.15) is 0 Å². The summed E-state index contributed by atoms with van der Waals surface area (Å²) in [6.45, 7) is 1.69. The van der Waals surface area contributed by atoms with Crippen LogP contribution in [0.2, 0.25) is 0 Å². The van der Waals surface area contributed by atoms with Crippen LogP contribution in [0, 0.1) is 0 Å². The minimum Gasteiger partial charge on any atom is -0.368 e. The second-order valence-electron chi connectivity index (χ2n) is 3.09. The molecule has 0 aliphatic carbocycles. The largest absolute Gasteiger partial charge is 0.368 e. The van der Waals surface area contributed by atoms with Crippen LogP contribution < -0.4 is 5.73 Å². The lowest BCUT2D eigenvalue weighted by Gasteiger charge is -2.28. The first-order chi connectivity index (χ1) is 4.98. The van der Waals surface area contributed by atoms with Gasteiger partial charge in [-0.3, -0.25) is 9.59 Å². The van der Waals surface area contributed by atoms with Gasteiger partial charge in [0.25, 0.3) is 0 Å². The van der Waals surface area contributed by atoms with E-state index in [2.05, 4.69) is 0 Å². The monoisotopic (exact) mass is 156 g/mol. The zero-order valence-corrected chi connectivity index (χ0v) is 6.76. The summed E-state index contributed by atoms with van der Waals surface area (Å²) in [5.41, 5.74) is 4.40. The van der Waals surface area contributed by atoms with E-state index in [1.54, 1.807) is 14.0 Å². The first kappa shape index (κ1) is 8.04. The average molecular weight is 156 g/mol. The molecule has 0 aromatic heterocycles. The Hall–Kier alpha value is -1.06. The highest BCUT2D eigenvalue weighted by Crippen LogP contribution is 2.27. The van der Waals surface area contributed by atoms with Crippen LogP contribution in [0.3, 0.4) is 0 Å². The lowest BCUT2D eigenvalue weighted by atomic mass is 9.99. The molecule has 1 unspecified atom stereocenters. The number of likely N-dealkylation sites (tertiary alicyclic amines) is 1. The number of nitrogens with two attached hydrogens (primary N) is 1. The fourth-order valence-corrected chi connectivity index (χ4v) is 1.25. The zero-order chi connectivity index (χ0) is 8.65. The van der Waals surface area contributed by atoms with Crippen molar-refractivity contribution in [1.29, 1.82) is 0 Å². The van der Waals surface area contributed by atoms with Gasteiger partial charge in [0, 0.05) is 13.5 Å². The standard InChI is InChI=1S/C7H12N2O2/c1-7(6(8)11)4-3-5(10)9(7)2/h3-4H2,1-2H3,(H2,8,11). The number of nitrogens with zero attached hydrogens (tertiary/aromatic N) is 1. The molecule has 2 amide bonds. The van der Waals surface area contributed by atoms with Gasteiger partial charge >= 0.3 is 0 Å². The lowest BCUT2D eigenvalue weighted by Crippen LogP contribution is -2.50. The molecule has 0 aromatic carbocycles. The van der Waals surface area contributed by atoms with Crippen molar-refractivity contribution < 1.29 is 9.59 Å². The first-order valence-corrected chi connectivity index (χ1v) is 3.55. The molecule has 1 aliphatic rings. The molecule has 1 rings (SSSR count). The molecular weight excluding hydrogens is 144 g/mol. The summed E-state index contributed by atoms with van der Waals surface area (Å²) in [7, 11) is 1.61. The maximum absolute atomic E-state index is 11.0. The van der Waals surface area contributed by atoms with Gasteiger partial charge < -0.3 is 10.6 Å². The maximum atomic E-state index is 11.0. The smallest absolute Gasteiger partial charge is 0.243 e. The van der Waals surface area contributed by atoms with E-state index in [1.165, 1.54) is 4.90 Å². The highest BCUT2D eigenvalue weighted by molar-refractivity contribution is 5.93. The van der Waals surface area contributed by atoms with Gasteiger partial charge in [0.05, 0.1) is 0 Å². The SMILES string of the molecule is CN1C(=O)CCC1(C)C(N)=O. The van der Waals surface area contributed by atoms with Gasteiger partial charge in [-0.25, -0.2) is 0 Å². The Morgan fingerprint density at radius 2 is 2.27 bits per heavy atom. The van der Waals surface area contributed by atoms with Crippen molar-refractivity contribution in [2.75, 3.05) is 7.05 Å². The van der Waals surface area contributed by atoms with Gasteiger partial charge in [-0.1, -0.05) is 0 Å². The molecule has 1 fully saturated rings. The number of amides is 2.